The summed E-state index contributed by atoms with van der Waals surface area (Å²) < 4.78 is 0. The zero-order chi connectivity index (χ0) is 12.7. The molecule has 4 heteroatoms. The Balaban J connectivity index is 1.27. The van der Waals surface area contributed by atoms with Crippen molar-refractivity contribution in [3.05, 3.63) is 12.2 Å². The number of rotatable bonds is 5. The van der Waals surface area contributed by atoms with Crippen LogP contribution in [0, 0.1) is 23.7 Å². The van der Waals surface area contributed by atoms with Crippen LogP contribution in [0.25, 0.3) is 0 Å². The highest BCUT2D eigenvalue weighted by Crippen LogP contribution is 2.53. The van der Waals surface area contributed by atoms with Gasteiger partial charge < -0.3 is 5.32 Å². The fraction of sp³-hybridized carbons (Fsp3) is 0.867. The summed E-state index contributed by atoms with van der Waals surface area (Å²) in [5, 5.41) is 10.7. The first-order valence-corrected chi connectivity index (χ1v) is 7.96. The highest BCUT2D eigenvalue weighted by atomic mass is 15.2. The van der Waals surface area contributed by atoms with E-state index >= 15 is 0 Å². The topological polar surface area (TPSA) is 53.6 Å². The van der Waals surface area contributed by atoms with Crippen molar-refractivity contribution in [2.45, 2.75) is 51.0 Å². The number of hydrogen-bond acceptors (Lipinski definition) is 3. The lowest BCUT2D eigenvalue weighted by molar-refractivity contribution is -0.0135. The van der Waals surface area contributed by atoms with E-state index < -0.39 is 0 Å². The number of nitrogens with zero attached hydrogens (tertiary/aromatic N) is 2. The number of aromatic nitrogens is 3. The highest BCUT2D eigenvalue weighted by Gasteiger charge is 2.47. The summed E-state index contributed by atoms with van der Waals surface area (Å²) in [6.45, 7) is 1.13. The fourth-order valence-corrected chi connectivity index (χ4v) is 5.13. The fourth-order valence-electron chi connectivity index (χ4n) is 5.13. The molecule has 4 nitrogen and oxygen atoms in total. The van der Waals surface area contributed by atoms with Crippen molar-refractivity contribution in [1.82, 2.24) is 20.5 Å². The minimum absolute atomic E-state index is 0.822. The molecule has 4 fully saturated rings. The van der Waals surface area contributed by atoms with E-state index in [2.05, 4.69) is 20.5 Å². The van der Waals surface area contributed by atoms with Gasteiger partial charge in [-0.15, -0.1) is 0 Å². The molecule has 0 spiro atoms. The molecule has 0 saturated heterocycles. The summed E-state index contributed by atoms with van der Waals surface area (Å²) in [6, 6.07) is 0.822. The van der Waals surface area contributed by atoms with E-state index in [-0.39, 0.29) is 0 Å². The predicted octanol–water partition coefficient (Wildman–Crippen LogP) is 2.15. The van der Waals surface area contributed by atoms with Gasteiger partial charge in [0.15, 0.2) is 0 Å². The second-order valence-corrected chi connectivity index (χ2v) is 6.95. The van der Waals surface area contributed by atoms with Crippen LogP contribution in [-0.4, -0.2) is 27.8 Å². The lowest BCUT2D eigenvalue weighted by Crippen LogP contribution is -2.54. The molecule has 4 saturated carbocycles. The van der Waals surface area contributed by atoms with Crippen LogP contribution >= 0.6 is 0 Å². The Bertz CT molecular complexity index is 386. The molecule has 4 aliphatic carbocycles. The van der Waals surface area contributed by atoms with Gasteiger partial charge in [0.1, 0.15) is 12.2 Å². The molecule has 0 radical (unpaired) electrons. The van der Waals surface area contributed by atoms with Crippen LogP contribution in [0.1, 0.15) is 44.3 Å². The molecule has 19 heavy (non-hydrogen) atoms. The van der Waals surface area contributed by atoms with Gasteiger partial charge >= 0.3 is 0 Å². The molecule has 0 atom stereocenters. The minimum atomic E-state index is 0.822. The van der Waals surface area contributed by atoms with Gasteiger partial charge in [-0.05, 0) is 68.7 Å². The quantitative estimate of drug-likeness (QED) is 0.798. The van der Waals surface area contributed by atoms with Gasteiger partial charge in [0.05, 0.1) is 0 Å². The van der Waals surface area contributed by atoms with Gasteiger partial charge in [-0.3, -0.25) is 5.10 Å². The number of H-pyrrole nitrogens is 1. The second-order valence-electron chi connectivity index (χ2n) is 6.95. The first-order valence-electron chi connectivity index (χ1n) is 7.96. The minimum Gasteiger partial charge on any atom is -0.313 e. The lowest BCUT2D eigenvalue weighted by Gasteiger charge is -2.54. The molecule has 1 aromatic rings. The summed E-state index contributed by atoms with van der Waals surface area (Å²) in [4.78, 5) is 4.18. The lowest BCUT2D eigenvalue weighted by atomic mass is 9.54. The first kappa shape index (κ1) is 11.9. The zero-order valence-electron chi connectivity index (χ0n) is 11.5. The van der Waals surface area contributed by atoms with E-state index in [1.165, 1.54) is 25.7 Å². The van der Waals surface area contributed by atoms with Gasteiger partial charge in [0, 0.05) is 12.5 Å². The van der Waals surface area contributed by atoms with Crippen LogP contribution in [0.5, 0.6) is 0 Å². The molecule has 2 N–H and O–H groups in total. The largest absolute Gasteiger partial charge is 0.313 e. The van der Waals surface area contributed by atoms with Crippen molar-refractivity contribution >= 4 is 0 Å². The maximum absolute atomic E-state index is 4.18. The van der Waals surface area contributed by atoms with Crippen molar-refractivity contribution in [3.63, 3.8) is 0 Å². The van der Waals surface area contributed by atoms with E-state index in [4.69, 9.17) is 0 Å². The van der Waals surface area contributed by atoms with Gasteiger partial charge in [0.25, 0.3) is 0 Å². The van der Waals surface area contributed by atoms with E-state index in [1.54, 1.807) is 12.7 Å². The molecule has 5 rings (SSSR count). The smallest absolute Gasteiger partial charge is 0.137 e. The van der Waals surface area contributed by atoms with Crippen molar-refractivity contribution in [3.8, 4) is 0 Å². The van der Waals surface area contributed by atoms with E-state index in [1.807, 2.05) is 0 Å². The van der Waals surface area contributed by atoms with Gasteiger partial charge in [-0.2, -0.15) is 5.10 Å². The van der Waals surface area contributed by atoms with E-state index in [0.29, 0.717) is 0 Å². The Morgan fingerprint density at radius 2 is 1.84 bits per heavy atom. The molecule has 0 aromatic carbocycles. The SMILES string of the molecule is c1n[nH]c(CCCNC2C3CC4CC(C3)CC2C4)n1. The first-order chi connectivity index (χ1) is 9.38. The average Bonchev–Trinajstić information content (AvgIpc) is 2.89. The van der Waals surface area contributed by atoms with Crippen molar-refractivity contribution in [1.29, 1.82) is 0 Å². The highest BCUT2D eigenvalue weighted by molar-refractivity contribution is 5.01. The van der Waals surface area contributed by atoms with E-state index in [9.17, 15) is 0 Å². The van der Waals surface area contributed by atoms with Crippen molar-refractivity contribution in [2.24, 2.45) is 23.7 Å². The molecular weight excluding hydrogens is 236 g/mol. The van der Waals surface area contributed by atoms with Crippen LogP contribution in [0.4, 0.5) is 0 Å². The van der Waals surface area contributed by atoms with Gasteiger partial charge in [-0.25, -0.2) is 4.98 Å². The molecular formula is C15H24N4. The van der Waals surface area contributed by atoms with Gasteiger partial charge in [0.2, 0.25) is 0 Å². The van der Waals surface area contributed by atoms with Crippen molar-refractivity contribution in [2.75, 3.05) is 6.54 Å². The molecule has 1 heterocycles. The second kappa shape index (κ2) is 4.89. The normalized spacial score (nSPS) is 39.9. The molecule has 0 aliphatic heterocycles. The molecule has 1 aromatic heterocycles. The standard InChI is InChI=1S/C15H24N4/c1(2-14-17-9-18-19-14)3-16-15-12-5-10-4-11(7-12)8-13(15)6-10/h9-13,15-16H,1-8H2,(H,17,18,19). The van der Waals surface area contributed by atoms with Crippen LogP contribution in [0.3, 0.4) is 0 Å². The van der Waals surface area contributed by atoms with E-state index in [0.717, 1.165) is 54.9 Å². The summed E-state index contributed by atoms with van der Waals surface area (Å²) in [5.74, 6) is 5.15. The molecule has 0 unspecified atom stereocenters. The Morgan fingerprint density at radius 1 is 1.11 bits per heavy atom. The maximum atomic E-state index is 4.18. The summed E-state index contributed by atoms with van der Waals surface area (Å²) >= 11 is 0. The summed E-state index contributed by atoms with van der Waals surface area (Å²) in [6.07, 6.45) is 11.4. The summed E-state index contributed by atoms with van der Waals surface area (Å²) in [5.41, 5.74) is 0. The Hall–Kier alpha value is -0.900. The van der Waals surface area contributed by atoms with Crippen molar-refractivity contribution < 1.29 is 0 Å². The number of nitrogens with one attached hydrogen (secondary N) is 2. The van der Waals surface area contributed by atoms with Crippen LogP contribution in [0.2, 0.25) is 0 Å². The molecule has 4 bridgehead atoms. The average molecular weight is 260 g/mol. The predicted molar refractivity (Wildman–Crippen MR) is 73.5 cm³/mol. The Kier molecular flexibility index (Phi) is 3.06. The molecule has 4 aliphatic rings. The zero-order valence-corrected chi connectivity index (χ0v) is 11.5. The molecule has 104 valence electrons. The number of hydrogen-bond donors (Lipinski definition) is 2. The van der Waals surface area contributed by atoms with Crippen LogP contribution in [-0.2, 0) is 6.42 Å². The third-order valence-corrected chi connectivity index (χ3v) is 5.66. The third-order valence-electron chi connectivity index (χ3n) is 5.66. The number of aromatic amines is 1. The molecule has 0 amide bonds. The Labute approximate surface area is 114 Å². The monoisotopic (exact) mass is 260 g/mol. The third kappa shape index (κ3) is 2.31. The summed E-state index contributed by atoms with van der Waals surface area (Å²) in [7, 11) is 0. The maximum Gasteiger partial charge on any atom is 0.137 e. The van der Waals surface area contributed by atoms with Crippen LogP contribution in [0.15, 0.2) is 6.33 Å². The van der Waals surface area contributed by atoms with Crippen LogP contribution < -0.4 is 5.32 Å². The van der Waals surface area contributed by atoms with Gasteiger partial charge in [-0.1, -0.05) is 0 Å². The Morgan fingerprint density at radius 3 is 2.47 bits per heavy atom. The number of aryl methyl sites for hydroxylation is 1.